The molecule has 0 spiro atoms. The van der Waals surface area contributed by atoms with E-state index in [9.17, 15) is 4.79 Å². The van der Waals surface area contributed by atoms with Crippen molar-refractivity contribution in [2.24, 2.45) is 0 Å². The highest BCUT2D eigenvalue weighted by Gasteiger charge is 2.34. The molecule has 0 saturated heterocycles. The van der Waals surface area contributed by atoms with Gasteiger partial charge >= 0.3 is 0 Å². The molecule has 0 aliphatic rings. The van der Waals surface area contributed by atoms with E-state index in [0.29, 0.717) is 17.7 Å². The molecule has 2 rings (SSSR count). The van der Waals surface area contributed by atoms with Gasteiger partial charge in [-0.1, -0.05) is 5.21 Å². The van der Waals surface area contributed by atoms with Crippen molar-refractivity contribution >= 4 is 11.7 Å². The number of tetrazole rings is 1. The van der Waals surface area contributed by atoms with Crippen LogP contribution in [0.2, 0.25) is 0 Å². The molecule has 2 aromatic rings. The second-order valence-corrected chi connectivity index (χ2v) is 5.11. The van der Waals surface area contributed by atoms with Gasteiger partial charge in [0.15, 0.2) is 11.6 Å². The van der Waals surface area contributed by atoms with E-state index in [1.54, 1.807) is 26.4 Å². The molecule has 8 heteroatoms. The molecule has 1 amide bonds. The minimum absolute atomic E-state index is 0.233. The number of rotatable bonds is 4. The van der Waals surface area contributed by atoms with Crippen molar-refractivity contribution in [3.05, 3.63) is 18.3 Å². The van der Waals surface area contributed by atoms with E-state index in [1.807, 2.05) is 18.4 Å². The van der Waals surface area contributed by atoms with Crippen LogP contribution >= 0.6 is 0 Å². The maximum atomic E-state index is 12.2. The fourth-order valence-corrected chi connectivity index (χ4v) is 1.48. The first kappa shape index (κ1) is 13.2. The van der Waals surface area contributed by atoms with E-state index < -0.39 is 5.41 Å². The van der Waals surface area contributed by atoms with Crippen molar-refractivity contribution in [2.45, 2.75) is 39.2 Å². The summed E-state index contributed by atoms with van der Waals surface area (Å²) in [7, 11) is 0. The van der Waals surface area contributed by atoms with Gasteiger partial charge in [0.05, 0.1) is 6.33 Å². The van der Waals surface area contributed by atoms with Crippen LogP contribution in [0.1, 0.15) is 39.6 Å². The average molecular weight is 263 g/mol. The second kappa shape index (κ2) is 4.79. The number of carbonyl (C=O) groups is 1. The Bertz CT molecular complexity index is 555. The Balaban J connectivity index is 2.12. The topological polar surface area (TPSA) is 101 Å². The number of amides is 1. The summed E-state index contributed by atoms with van der Waals surface area (Å²) >= 11 is 0. The van der Waals surface area contributed by atoms with Gasteiger partial charge in [0, 0.05) is 12.2 Å². The highest BCUT2D eigenvalue weighted by atomic mass is 16.2. The van der Waals surface area contributed by atoms with Crippen molar-refractivity contribution < 1.29 is 4.79 Å². The van der Waals surface area contributed by atoms with E-state index in [1.165, 1.54) is 0 Å². The number of nitrogens with zero attached hydrogens (tertiary/aromatic N) is 5. The van der Waals surface area contributed by atoms with Gasteiger partial charge in [-0.3, -0.25) is 4.79 Å². The molecule has 0 unspecified atom stereocenters. The summed E-state index contributed by atoms with van der Waals surface area (Å²) in [6.45, 7) is 7.53. The van der Waals surface area contributed by atoms with Crippen LogP contribution in [-0.4, -0.2) is 36.1 Å². The predicted molar refractivity (Wildman–Crippen MR) is 68.4 cm³/mol. The molecule has 102 valence electrons. The fourth-order valence-electron chi connectivity index (χ4n) is 1.48. The number of anilines is 1. The molecule has 0 fully saturated rings. The third-order valence-electron chi connectivity index (χ3n) is 2.91. The molecule has 0 aliphatic heterocycles. The van der Waals surface area contributed by atoms with Gasteiger partial charge in [-0.25, -0.2) is 4.98 Å². The number of H-pyrrole nitrogens is 1. The minimum atomic E-state index is -0.880. The van der Waals surface area contributed by atoms with Crippen LogP contribution in [0, 0.1) is 0 Å². The van der Waals surface area contributed by atoms with Crippen LogP contribution in [0.15, 0.2) is 12.5 Å². The number of aromatic nitrogens is 6. The molecule has 0 radical (unpaired) electrons. The van der Waals surface area contributed by atoms with Crippen LogP contribution < -0.4 is 5.32 Å². The molecule has 2 heterocycles. The van der Waals surface area contributed by atoms with Gasteiger partial charge in [0.25, 0.3) is 0 Å². The largest absolute Gasteiger partial charge is 0.333 e. The lowest BCUT2D eigenvalue weighted by atomic mass is 9.91. The zero-order chi connectivity index (χ0) is 14.0. The first-order valence-electron chi connectivity index (χ1n) is 6.00. The van der Waals surface area contributed by atoms with Crippen LogP contribution in [0.4, 0.5) is 5.82 Å². The highest BCUT2D eigenvalue weighted by molar-refractivity contribution is 5.97. The molecule has 0 saturated carbocycles. The minimum Gasteiger partial charge on any atom is -0.333 e. The summed E-state index contributed by atoms with van der Waals surface area (Å²) in [5.74, 6) is 0.617. The highest BCUT2D eigenvalue weighted by Crippen LogP contribution is 2.20. The average Bonchev–Trinajstić information content (AvgIpc) is 2.99. The van der Waals surface area contributed by atoms with Gasteiger partial charge in [0.2, 0.25) is 5.91 Å². The summed E-state index contributed by atoms with van der Waals surface area (Å²) in [4.78, 5) is 16.4. The van der Waals surface area contributed by atoms with Crippen molar-refractivity contribution in [2.75, 3.05) is 5.32 Å². The third kappa shape index (κ3) is 2.61. The van der Waals surface area contributed by atoms with E-state index in [-0.39, 0.29) is 5.91 Å². The molecular formula is C11H17N7O. The van der Waals surface area contributed by atoms with Gasteiger partial charge in [-0.15, -0.1) is 10.2 Å². The van der Waals surface area contributed by atoms with Crippen LogP contribution in [0.25, 0.3) is 0 Å². The SMILES string of the molecule is CC(C)n1cnc(NC(=O)C(C)(C)c2nn[nH]n2)c1. The monoisotopic (exact) mass is 263 g/mol. The van der Waals surface area contributed by atoms with E-state index in [2.05, 4.69) is 30.9 Å². The summed E-state index contributed by atoms with van der Waals surface area (Å²) in [5.41, 5.74) is -0.880. The Labute approximate surface area is 110 Å². The Kier molecular flexibility index (Phi) is 3.32. The molecule has 19 heavy (non-hydrogen) atoms. The quantitative estimate of drug-likeness (QED) is 0.853. The molecule has 2 N–H and O–H groups in total. The Morgan fingerprint density at radius 2 is 2.21 bits per heavy atom. The maximum Gasteiger partial charge on any atom is 0.239 e. The molecule has 2 aromatic heterocycles. The van der Waals surface area contributed by atoms with E-state index in [0.717, 1.165) is 0 Å². The zero-order valence-corrected chi connectivity index (χ0v) is 11.4. The van der Waals surface area contributed by atoms with Crippen LogP contribution in [0.5, 0.6) is 0 Å². The second-order valence-electron chi connectivity index (χ2n) is 5.11. The number of nitrogens with one attached hydrogen (secondary N) is 2. The van der Waals surface area contributed by atoms with Gasteiger partial charge < -0.3 is 9.88 Å². The predicted octanol–water partition coefficient (Wildman–Crippen LogP) is 0.893. The molecule has 8 nitrogen and oxygen atoms in total. The third-order valence-corrected chi connectivity index (χ3v) is 2.91. The molecule has 0 aliphatic carbocycles. The Morgan fingerprint density at radius 1 is 1.47 bits per heavy atom. The smallest absolute Gasteiger partial charge is 0.239 e. The lowest BCUT2D eigenvalue weighted by Gasteiger charge is -2.18. The van der Waals surface area contributed by atoms with Crippen molar-refractivity contribution in [1.82, 2.24) is 30.2 Å². The Morgan fingerprint density at radius 3 is 2.74 bits per heavy atom. The lowest BCUT2D eigenvalue weighted by Crippen LogP contribution is -2.36. The summed E-state index contributed by atoms with van der Waals surface area (Å²) in [5, 5.41) is 16.3. The maximum absolute atomic E-state index is 12.2. The van der Waals surface area contributed by atoms with Gasteiger partial charge in [-0.2, -0.15) is 5.21 Å². The standard InChI is InChI=1S/C11H17N7O/c1-7(2)18-5-8(12-6-18)13-10(19)11(3,4)9-14-16-17-15-9/h5-7H,1-4H3,(H,13,19)(H,14,15,16,17). The number of aromatic amines is 1. The van der Waals surface area contributed by atoms with Gasteiger partial charge in [0.1, 0.15) is 5.41 Å². The van der Waals surface area contributed by atoms with Crippen molar-refractivity contribution in [3.8, 4) is 0 Å². The fraction of sp³-hybridized carbons (Fsp3) is 0.545. The van der Waals surface area contributed by atoms with E-state index in [4.69, 9.17) is 0 Å². The van der Waals surface area contributed by atoms with Crippen LogP contribution in [-0.2, 0) is 10.2 Å². The zero-order valence-electron chi connectivity index (χ0n) is 11.4. The first-order chi connectivity index (χ1) is 8.91. The molecule has 0 atom stereocenters. The van der Waals surface area contributed by atoms with E-state index >= 15 is 0 Å². The molecule has 0 bridgehead atoms. The lowest BCUT2D eigenvalue weighted by molar-refractivity contribution is -0.120. The normalized spacial score (nSPS) is 11.8. The molecule has 0 aromatic carbocycles. The number of hydrogen-bond donors (Lipinski definition) is 2. The van der Waals surface area contributed by atoms with Crippen molar-refractivity contribution in [1.29, 1.82) is 0 Å². The summed E-state index contributed by atoms with van der Waals surface area (Å²) in [6.07, 6.45) is 3.47. The van der Waals surface area contributed by atoms with Crippen molar-refractivity contribution in [3.63, 3.8) is 0 Å². The summed E-state index contributed by atoms with van der Waals surface area (Å²) in [6, 6.07) is 0.295. The van der Waals surface area contributed by atoms with Crippen LogP contribution in [0.3, 0.4) is 0 Å². The Hall–Kier alpha value is -2.25. The van der Waals surface area contributed by atoms with Gasteiger partial charge in [-0.05, 0) is 27.7 Å². The first-order valence-corrected chi connectivity index (χ1v) is 6.00. The molecular weight excluding hydrogens is 246 g/mol. The number of carbonyl (C=O) groups excluding carboxylic acids is 1. The number of imidazole rings is 1. The number of hydrogen-bond acceptors (Lipinski definition) is 5. The summed E-state index contributed by atoms with van der Waals surface area (Å²) < 4.78 is 1.91.